The van der Waals surface area contributed by atoms with E-state index in [0.717, 1.165) is 6.33 Å². The molecule has 6 unspecified atom stereocenters. The van der Waals surface area contributed by atoms with Gasteiger partial charge in [0.1, 0.15) is 24.6 Å². The van der Waals surface area contributed by atoms with Crippen LogP contribution >= 0.6 is 23.5 Å². The number of aromatic nitrogens is 3. The van der Waals surface area contributed by atoms with Gasteiger partial charge in [0.05, 0.1) is 6.61 Å². The van der Waals surface area contributed by atoms with Crippen LogP contribution in [0.25, 0.3) is 0 Å². The first-order valence-electron chi connectivity index (χ1n) is 7.11. The van der Waals surface area contributed by atoms with Gasteiger partial charge in [-0.15, -0.1) is 0 Å². The molecule has 0 bridgehead atoms. The molecule has 0 radical (unpaired) electrons. The van der Waals surface area contributed by atoms with Gasteiger partial charge in [0.15, 0.2) is 6.23 Å². The van der Waals surface area contributed by atoms with Gasteiger partial charge in [-0.2, -0.15) is 13.6 Å². The minimum absolute atomic E-state index is 0.372. The fraction of sp³-hybridized carbons (Fsp3) is 0.625. The van der Waals surface area contributed by atoms with Crippen LogP contribution < -0.4 is 11.4 Å². The maximum atomic E-state index is 11.8. The standard InChI is InChI=1S/C8H15N4O14P3/c9-7-10-2-12(8(15)11-7)6-5(14)4(13)3(24-6)1-23-28(19,20)26-29(21,22)25-27(16,17)18/h2-6,13-14H,1H2,(H,19,20)(H,21,22)(H2,9,11,15)(H2,16,17,18). The van der Waals surface area contributed by atoms with E-state index in [9.17, 15) is 33.6 Å². The largest absolute Gasteiger partial charge is 0.490 e. The van der Waals surface area contributed by atoms with Gasteiger partial charge in [0.2, 0.25) is 5.95 Å². The van der Waals surface area contributed by atoms with E-state index in [1.807, 2.05) is 0 Å². The number of anilines is 1. The molecule has 8 N–H and O–H groups in total. The number of ether oxygens (including phenoxy) is 1. The molecule has 2 rings (SSSR count). The highest BCUT2D eigenvalue weighted by Gasteiger charge is 2.46. The van der Waals surface area contributed by atoms with Crippen molar-refractivity contribution in [3.63, 3.8) is 0 Å². The zero-order chi connectivity index (χ0) is 22.2. The number of rotatable bonds is 8. The van der Waals surface area contributed by atoms with Crippen molar-refractivity contribution in [1.29, 1.82) is 0 Å². The van der Waals surface area contributed by atoms with Crippen LogP contribution in [0.2, 0.25) is 0 Å². The molecule has 6 atom stereocenters. The molecule has 2 heterocycles. The molecular formula is C8H15N4O14P3. The number of phosphoric ester groups is 1. The summed E-state index contributed by atoms with van der Waals surface area (Å²) in [5, 5.41) is 19.9. The summed E-state index contributed by atoms with van der Waals surface area (Å²) < 4.78 is 50.6. The Hall–Kier alpha value is -1.10. The third-order valence-corrected chi connectivity index (χ3v) is 6.98. The fourth-order valence-corrected chi connectivity index (χ4v) is 5.13. The van der Waals surface area contributed by atoms with Gasteiger partial charge in [-0.1, -0.05) is 0 Å². The van der Waals surface area contributed by atoms with Crippen molar-refractivity contribution >= 4 is 29.4 Å². The van der Waals surface area contributed by atoms with Crippen molar-refractivity contribution in [3.8, 4) is 0 Å². The molecule has 0 aliphatic carbocycles. The first-order valence-corrected chi connectivity index (χ1v) is 11.6. The third-order valence-electron chi connectivity index (χ3n) is 3.17. The van der Waals surface area contributed by atoms with E-state index in [4.69, 9.17) is 25.2 Å². The van der Waals surface area contributed by atoms with Gasteiger partial charge in [-0.25, -0.2) is 23.5 Å². The van der Waals surface area contributed by atoms with Crippen LogP contribution in [0.4, 0.5) is 5.95 Å². The lowest BCUT2D eigenvalue weighted by atomic mass is 10.1. The summed E-state index contributed by atoms with van der Waals surface area (Å²) in [7, 11) is -16.8. The number of hydrogen-bond donors (Lipinski definition) is 7. The number of aliphatic hydroxyl groups is 2. The van der Waals surface area contributed by atoms with Crippen LogP contribution in [0.3, 0.4) is 0 Å². The normalized spacial score (nSPS) is 29.3. The zero-order valence-electron chi connectivity index (χ0n) is 13.8. The Morgan fingerprint density at radius 2 is 1.72 bits per heavy atom. The Balaban J connectivity index is 2.05. The van der Waals surface area contributed by atoms with Crippen molar-refractivity contribution in [3.05, 3.63) is 16.8 Å². The summed E-state index contributed by atoms with van der Waals surface area (Å²) in [6, 6.07) is 0. The quantitative estimate of drug-likeness (QED) is 0.183. The number of aliphatic hydroxyl groups excluding tert-OH is 2. The van der Waals surface area contributed by atoms with Crippen molar-refractivity contribution < 1.29 is 61.4 Å². The third kappa shape index (κ3) is 6.70. The summed E-state index contributed by atoms with van der Waals surface area (Å²) in [4.78, 5) is 53.8. The highest BCUT2D eigenvalue weighted by molar-refractivity contribution is 7.66. The number of nitrogens with zero attached hydrogens (tertiary/aromatic N) is 3. The lowest BCUT2D eigenvalue weighted by Crippen LogP contribution is -2.36. The SMILES string of the molecule is Nc1ncn(C2OC(COP(=O)(O)OP(=O)(O)OP(=O)(O)O)C(O)C2O)c(=O)n1. The fourth-order valence-electron chi connectivity index (χ4n) is 2.10. The molecule has 1 aromatic heterocycles. The van der Waals surface area contributed by atoms with Crippen LogP contribution in [0.15, 0.2) is 11.1 Å². The van der Waals surface area contributed by atoms with Crippen molar-refractivity contribution in [2.24, 2.45) is 0 Å². The number of phosphoric acid groups is 3. The molecule has 21 heteroatoms. The number of nitrogen functional groups attached to an aromatic ring is 1. The topological polar surface area (TPSA) is 283 Å². The molecule has 0 saturated carbocycles. The smallest absolute Gasteiger partial charge is 0.387 e. The maximum absolute atomic E-state index is 11.8. The lowest BCUT2D eigenvalue weighted by Gasteiger charge is -2.19. The molecule has 1 aromatic rings. The summed E-state index contributed by atoms with van der Waals surface area (Å²) in [6.07, 6.45) is -5.79. The Kier molecular flexibility index (Phi) is 7.14. The molecule has 1 aliphatic rings. The van der Waals surface area contributed by atoms with Gasteiger partial charge < -0.3 is 40.3 Å². The van der Waals surface area contributed by atoms with Crippen LogP contribution in [-0.2, 0) is 31.6 Å². The van der Waals surface area contributed by atoms with Gasteiger partial charge in [-0.05, 0) is 0 Å². The number of nitrogens with two attached hydrogens (primary N) is 1. The van der Waals surface area contributed by atoms with Crippen molar-refractivity contribution in [1.82, 2.24) is 14.5 Å². The molecule has 1 saturated heterocycles. The van der Waals surface area contributed by atoms with Gasteiger partial charge in [-0.3, -0.25) is 9.09 Å². The highest BCUT2D eigenvalue weighted by atomic mass is 31.3. The Labute approximate surface area is 159 Å². The molecule has 0 spiro atoms. The van der Waals surface area contributed by atoms with Gasteiger partial charge >= 0.3 is 29.2 Å². The van der Waals surface area contributed by atoms with E-state index in [-0.39, 0.29) is 5.95 Å². The molecule has 1 aliphatic heterocycles. The predicted molar refractivity (Wildman–Crippen MR) is 86.4 cm³/mol. The predicted octanol–water partition coefficient (Wildman–Crippen LogP) is -2.82. The van der Waals surface area contributed by atoms with Crippen molar-refractivity contribution in [2.45, 2.75) is 24.5 Å². The molecule has 0 aromatic carbocycles. The van der Waals surface area contributed by atoms with E-state index in [1.165, 1.54) is 0 Å². The summed E-state index contributed by atoms with van der Waals surface area (Å²) in [6.45, 7) is -1.04. The highest BCUT2D eigenvalue weighted by Crippen LogP contribution is 2.66. The van der Waals surface area contributed by atoms with Crippen LogP contribution in [-0.4, -0.2) is 69.2 Å². The first-order chi connectivity index (χ1) is 13.1. The molecule has 0 amide bonds. The minimum atomic E-state index is -5.72. The molecule has 1 fully saturated rings. The monoisotopic (exact) mass is 484 g/mol. The summed E-state index contributed by atoms with van der Waals surface area (Å²) in [5.41, 5.74) is 4.22. The summed E-state index contributed by atoms with van der Waals surface area (Å²) in [5.74, 6) is -0.372. The van der Waals surface area contributed by atoms with Gasteiger partial charge in [0.25, 0.3) is 0 Å². The van der Waals surface area contributed by atoms with Crippen LogP contribution in [0.1, 0.15) is 6.23 Å². The second kappa shape index (κ2) is 8.56. The van der Waals surface area contributed by atoms with E-state index in [2.05, 4.69) is 23.1 Å². The first kappa shape index (κ1) is 24.2. The van der Waals surface area contributed by atoms with E-state index in [0.29, 0.717) is 4.57 Å². The Morgan fingerprint density at radius 1 is 1.10 bits per heavy atom. The molecule has 166 valence electrons. The Bertz CT molecular complexity index is 947. The summed E-state index contributed by atoms with van der Waals surface area (Å²) >= 11 is 0. The van der Waals surface area contributed by atoms with E-state index >= 15 is 0 Å². The maximum Gasteiger partial charge on any atom is 0.490 e. The average Bonchev–Trinajstić information content (AvgIpc) is 2.78. The van der Waals surface area contributed by atoms with Crippen LogP contribution in [0.5, 0.6) is 0 Å². The molecular weight excluding hydrogens is 469 g/mol. The van der Waals surface area contributed by atoms with E-state index < -0.39 is 60.3 Å². The average molecular weight is 484 g/mol. The molecule has 18 nitrogen and oxygen atoms in total. The Morgan fingerprint density at radius 3 is 2.28 bits per heavy atom. The van der Waals surface area contributed by atoms with Crippen LogP contribution in [0, 0.1) is 0 Å². The second-order valence-electron chi connectivity index (χ2n) is 5.34. The van der Waals surface area contributed by atoms with Crippen molar-refractivity contribution in [2.75, 3.05) is 12.3 Å². The molecule has 29 heavy (non-hydrogen) atoms. The zero-order valence-corrected chi connectivity index (χ0v) is 16.5. The minimum Gasteiger partial charge on any atom is -0.387 e. The van der Waals surface area contributed by atoms with Gasteiger partial charge in [0, 0.05) is 0 Å². The lowest BCUT2D eigenvalue weighted by molar-refractivity contribution is -0.0546. The number of hydrogen-bond acceptors (Lipinski definition) is 13. The van der Waals surface area contributed by atoms with E-state index in [1.54, 1.807) is 0 Å². The second-order valence-corrected chi connectivity index (χ2v) is 9.76.